The number of nitrogens with one attached hydrogen (secondary N) is 1. The molecule has 0 radical (unpaired) electrons. The molecule has 3 aromatic rings. The van der Waals surface area contributed by atoms with Gasteiger partial charge in [0.1, 0.15) is 16.9 Å². The minimum absolute atomic E-state index is 0.00899. The number of nitrogens with two attached hydrogens (primary N) is 1. The molecule has 5 rings (SSSR count). The minimum Gasteiger partial charge on any atom is -0.444 e. The van der Waals surface area contributed by atoms with Crippen molar-refractivity contribution in [3.8, 4) is 0 Å². The largest absolute Gasteiger partial charge is 0.444 e. The third-order valence-corrected chi connectivity index (χ3v) is 7.22. The number of piperazine rings is 1. The quantitative estimate of drug-likeness (QED) is 0.471. The minimum atomic E-state index is -0.703. The van der Waals surface area contributed by atoms with E-state index in [1.165, 1.54) is 6.20 Å². The van der Waals surface area contributed by atoms with Gasteiger partial charge in [0, 0.05) is 45.2 Å². The van der Waals surface area contributed by atoms with Gasteiger partial charge in [-0.15, -0.1) is 5.10 Å². The van der Waals surface area contributed by atoms with Gasteiger partial charge in [-0.05, 0) is 33.6 Å². The van der Waals surface area contributed by atoms with Crippen LogP contribution in [0.3, 0.4) is 0 Å². The van der Waals surface area contributed by atoms with Crippen LogP contribution in [0, 0.1) is 17.6 Å². The number of piperidine rings is 1. The number of hydrogen-bond acceptors (Lipinski definition) is 9. The summed E-state index contributed by atoms with van der Waals surface area (Å²) in [6.07, 6.45) is 4.94. The van der Waals surface area contributed by atoms with Crippen molar-refractivity contribution in [1.29, 1.82) is 0 Å². The number of carbonyl (C=O) groups excluding carboxylic acids is 3. The third-order valence-electron chi connectivity index (χ3n) is 7.22. The molecule has 0 aromatic carbocycles. The zero-order chi connectivity index (χ0) is 30.2. The van der Waals surface area contributed by atoms with Crippen LogP contribution < -0.4 is 16.0 Å². The number of pyridine rings is 1. The van der Waals surface area contributed by atoms with Crippen molar-refractivity contribution in [2.24, 2.45) is 5.92 Å². The highest BCUT2D eigenvalue weighted by Crippen LogP contribution is 2.33. The molecule has 224 valence electrons. The van der Waals surface area contributed by atoms with Gasteiger partial charge in [-0.2, -0.15) is 0 Å². The molecule has 0 spiro atoms. The Bertz CT molecular complexity index is 1510. The molecule has 3 aromatic heterocycles. The summed E-state index contributed by atoms with van der Waals surface area (Å²) in [6.45, 7) is 7.80. The van der Waals surface area contributed by atoms with Crippen LogP contribution in [0.4, 0.5) is 30.8 Å². The van der Waals surface area contributed by atoms with Crippen molar-refractivity contribution in [3.05, 3.63) is 42.0 Å². The maximum absolute atomic E-state index is 15.1. The lowest BCUT2D eigenvalue weighted by Gasteiger charge is -2.39. The Labute approximate surface area is 240 Å². The summed E-state index contributed by atoms with van der Waals surface area (Å²) in [5.41, 5.74) is 5.54. The number of aromatic nitrogens is 4. The number of ether oxygens (including phenoxy) is 1. The average Bonchev–Trinajstić information content (AvgIpc) is 3.27. The zero-order valence-electron chi connectivity index (χ0n) is 23.6. The Morgan fingerprint density at radius 1 is 1.00 bits per heavy atom. The second-order valence-electron chi connectivity index (χ2n) is 11.3. The highest BCUT2D eigenvalue weighted by molar-refractivity contribution is 6.12. The molecule has 5 heterocycles. The molecule has 3 N–H and O–H groups in total. The second-order valence-corrected chi connectivity index (χ2v) is 11.3. The Morgan fingerprint density at radius 3 is 2.33 bits per heavy atom. The number of amides is 3. The van der Waals surface area contributed by atoms with E-state index >= 15 is 4.39 Å². The fourth-order valence-corrected chi connectivity index (χ4v) is 5.22. The monoisotopic (exact) mass is 585 g/mol. The standard InChI is InChI=1S/C27H33F2N9O4/c1-27(2,3)42-26(41)37-10-8-36(9-11-37)25(40)16-4-6-35(7-5-16)21-18(29)13-31-14-19(21)33-24(39)20-22(30)34-38-15-17(28)12-32-23(20)38/h12-16H,4-11H2,1-3H3,(H2,30,34)(H,33,39). The lowest BCUT2D eigenvalue weighted by atomic mass is 9.94. The van der Waals surface area contributed by atoms with Crippen molar-refractivity contribution in [2.75, 3.05) is 55.2 Å². The topological polar surface area (TPSA) is 151 Å². The highest BCUT2D eigenvalue weighted by Gasteiger charge is 2.34. The van der Waals surface area contributed by atoms with Crippen LogP contribution in [0.5, 0.6) is 0 Å². The Kier molecular flexibility index (Phi) is 7.84. The molecule has 0 aliphatic carbocycles. The van der Waals surface area contributed by atoms with Gasteiger partial charge in [0.15, 0.2) is 23.1 Å². The van der Waals surface area contributed by atoms with E-state index in [0.29, 0.717) is 52.1 Å². The number of nitrogens with zero attached hydrogens (tertiary/aromatic N) is 7. The van der Waals surface area contributed by atoms with E-state index in [1.807, 2.05) is 20.8 Å². The molecule has 2 saturated heterocycles. The molecule has 42 heavy (non-hydrogen) atoms. The van der Waals surface area contributed by atoms with Crippen molar-refractivity contribution >= 4 is 40.7 Å². The maximum atomic E-state index is 15.1. The number of hydrogen-bond donors (Lipinski definition) is 2. The molecule has 3 amide bonds. The van der Waals surface area contributed by atoms with Crippen molar-refractivity contribution in [3.63, 3.8) is 0 Å². The van der Waals surface area contributed by atoms with Gasteiger partial charge in [0.25, 0.3) is 5.91 Å². The summed E-state index contributed by atoms with van der Waals surface area (Å²) in [7, 11) is 0. The first-order valence-corrected chi connectivity index (χ1v) is 13.7. The summed E-state index contributed by atoms with van der Waals surface area (Å²) >= 11 is 0. The van der Waals surface area contributed by atoms with E-state index in [1.54, 1.807) is 14.7 Å². The molecule has 0 bridgehead atoms. The molecule has 13 nitrogen and oxygen atoms in total. The molecule has 2 fully saturated rings. The number of anilines is 3. The Morgan fingerprint density at radius 2 is 1.67 bits per heavy atom. The number of nitrogen functional groups attached to an aromatic ring is 1. The third kappa shape index (κ3) is 6.04. The molecule has 2 aliphatic heterocycles. The van der Waals surface area contributed by atoms with Crippen LogP contribution in [0.2, 0.25) is 0 Å². The van der Waals surface area contributed by atoms with Crippen molar-refractivity contribution in [1.82, 2.24) is 29.4 Å². The van der Waals surface area contributed by atoms with E-state index in [-0.39, 0.29) is 46.3 Å². The van der Waals surface area contributed by atoms with Gasteiger partial charge < -0.3 is 30.5 Å². The fourth-order valence-electron chi connectivity index (χ4n) is 5.22. The highest BCUT2D eigenvalue weighted by atomic mass is 19.1. The first-order valence-electron chi connectivity index (χ1n) is 13.7. The molecule has 0 saturated carbocycles. The van der Waals surface area contributed by atoms with E-state index in [0.717, 1.165) is 23.1 Å². The summed E-state index contributed by atoms with van der Waals surface area (Å²) < 4.78 is 35.1. The number of halogens is 2. The average molecular weight is 586 g/mol. The van der Waals surface area contributed by atoms with Crippen LogP contribution in [0.15, 0.2) is 24.8 Å². The number of carbonyl (C=O) groups is 3. The predicted octanol–water partition coefficient (Wildman–Crippen LogP) is 2.53. The van der Waals surface area contributed by atoms with Crippen LogP contribution in [-0.2, 0) is 9.53 Å². The molecular formula is C27H33F2N9O4. The second kappa shape index (κ2) is 11.4. The first-order chi connectivity index (χ1) is 19.9. The van der Waals surface area contributed by atoms with Crippen LogP contribution in [0.25, 0.3) is 5.65 Å². The zero-order valence-corrected chi connectivity index (χ0v) is 23.6. The van der Waals surface area contributed by atoms with E-state index in [9.17, 15) is 18.8 Å². The summed E-state index contributed by atoms with van der Waals surface area (Å²) in [4.78, 5) is 51.7. The SMILES string of the molecule is CC(C)(C)OC(=O)N1CCN(C(=O)C2CCN(c3c(F)cncc3NC(=O)c3c(N)nn4cc(F)cnc34)CC2)CC1. The van der Waals surface area contributed by atoms with E-state index in [4.69, 9.17) is 10.5 Å². The molecular weight excluding hydrogens is 552 g/mol. The van der Waals surface area contributed by atoms with Gasteiger partial charge >= 0.3 is 6.09 Å². The fraction of sp³-hybridized carbons (Fsp3) is 0.481. The van der Waals surface area contributed by atoms with Crippen LogP contribution >= 0.6 is 0 Å². The van der Waals surface area contributed by atoms with Gasteiger partial charge in [0.2, 0.25) is 5.91 Å². The molecule has 0 unspecified atom stereocenters. The first kappa shape index (κ1) is 29.0. The van der Waals surface area contributed by atoms with E-state index in [2.05, 4.69) is 20.4 Å². The molecule has 2 aliphatic rings. The smallest absolute Gasteiger partial charge is 0.410 e. The predicted molar refractivity (Wildman–Crippen MR) is 149 cm³/mol. The van der Waals surface area contributed by atoms with E-state index < -0.39 is 23.1 Å². The lowest BCUT2D eigenvalue weighted by molar-refractivity contribution is -0.138. The normalized spacial score (nSPS) is 16.5. The van der Waals surface area contributed by atoms with Crippen molar-refractivity contribution in [2.45, 2.75) is 39.2 Å². The molecule has 15 heteroatoms. The summed E-state index contributed by atoms with van der Waals surface area (Å²) in [5.74, 6) is -2.40. The van der Waals surface area contributed by atoms with Gasteiger partial charge in [-0.1, -0.05) is 0 Å². The number of rotatable bonds is 4. The summed E-state index contributed by atoms with van der Waals surface area (Å²) in [6, 6.07) is 0. The van der Waals surface area contributed by atoms with Crippen LogP contribution in [0.1, 0.15) is 44.0 Å². The van der Waals surface area contributed by atoms with Crippen LogP contribution in [-0.4, -0.2) is 92.2 Å². The van der Waals surface area contributed by atoms with Gasteiger partial charge in [0.05, 0.1) is 30.5 Å². The summed E-state index contributed by atoms with van der Waals surface area (Å²) in [5, 5.41) is 6.57. The van der Waals surface area contributed by atoms with Gasteiger partial charge in [-0.3, -0.25) is 14.6 Å². The number of fused-ring (bicyclic) bond motifs is 1. The van der Waals surface area contributed by atoms with Crippen molar-refractivity contribution < 1.29 is 27.9 Å². The maximum Gasteiger partial charge on any atom is 0.410 e. The Hall–Kier alpha value is -4.56. The Balaban J connectivity index is 1.22. The molecule has 0 atom stereocenters. The lowest BCUT2D eigenvalue weighted by Crippen LogP contribution is -2.53. The van der Waals surface area contributed by atoms with Gasteiger partial charge in [-0.25, -0.2) is 23.1 Å².